The van der Waals surface area contributed by atoms with E-state index in [4.69, 9.17) is 4.74 Å². The minimum atomic E-state index is 0. The number of benzene rings is 2. The standard InChI is InChI=1S/C17H21N3O.HI/c1-13-9-10-14(12-20-17(18-2)19-3)16(11-13)21-15-7-5-4-6-8-15;/h4-11H,12H2,1-3H3,(H2,18,19,20);1H. The van der Waals surface area contributed by atoms with Crippen molar-refractivity contribution >= 4 is 29.9 Å². The van der Waals surface area contributed by atoms with Crippen LogP contribution in [0.5, 0.6) is 11.5 Å². The summed E-state index contributed by atoms with van der Waals surface area (Å²) in [5.41, 5.74) is 2.25. The Morgan fingerprint density at radius 1 is 1.14 bits per heavy atom. The maximum absolute atomic E-state index is 5.99. The highest BCUT2D eigenvalue weighted by Gasteiger charge is 2.06. The van der Waals surface area contributed by atoms with Crippen molar-refractivity contribution in [1.82, 2.24) is 10.6 Å². The third kappa shape index (κ3) is 5.22. The van der Waals surface area contributed by atoms with Crippen LogP contribution in [-0.2, 0) is 6.54 Å². The number of aliphatic imine (C=N–C) groups is 1. The normalized spacial score (nSPS) is 10.6. The predicted octanol–water partition coefficient (Wildman–Crippen LogP) is 3.70. The molecule has 0 atom stereocenters. The number of hydrogen-bond acceptors (Lipinski definition) is 2. The van der Waals surface area contributed by atoms with Gasteiger partial charge in [-0.05, 0) is 30.7 Å². The van der Waals surface area contributed by atoms with Crippen LogP contribution >= 0.6 is 24.0 Å². The summed E-state index contributed by atoms with van der Waals surface area (Å²) >= 11 is 0. The van der Waals surface area contributed by atoms with E-state index in [1.54, 1.807) is 7.05 Å². The Bertz CT molecular complexity index is 615. The van der Waals surface area contributed by atoms with E-state index in [1.807, 2.05) is 43.4 Å². The molecular formula is C17H22IN3O. The number of rotatable bonds is 4. The third-order valence-electron chi connectivity index (χ3n) is 3.10. The third-order valence-corrected chi connectivity index (χ3v) is 3.10. The highest BCUT2D eigenvalue weighted by Crippen LogP contribution is 2.26. The average molecular weight is 411 g/mol. The molecule has 0 aliphatic rings. The summed E-state index contributed by atoms with van der Waals surface area (Å²) in [6.07, 6.45) is 0. The number of para-hydroxylation sites is 1. The van der Waals surface area contributed by atoms with Crippen LogP contribution in [0.2, 0.25) is 0 Å². The lowest BCUT2D eigenvalue weighted by Gasteiger charge is -2.14. The van der Waals surface area contributed by atoms with Gasteiger partial charge in [-0.15, -0.1) is 24.0 Å². The van der Waals surface area contributed by atoms with Gasteiger partial charge >= 0.3 is 0 Å². The number of hydrogen-bond donors (Lipinski definition) is 2. The maximum Gasteiger partial charge on any atom is 0.190 e. The van der Waals surface area contributed by atoms with Crippen LogP contribution in [-0.4, -0.2) is 20.1 Å². The van der Waals surface area contributed by atoms with Crippen LogP contribution in [0, 0.1) is 6.92 Å². The van der Waals surface area contributed by atoms with Crippen molar-refractivity contribution in [2.24, 2.45) is 4.99 Å². The van der Waals surface area contributed by atoms with Crippen LogP contribution in [0.1, 0.15) is 11.1 Å². The van der Waals surface area contributed by atoms with Crippen molar-refractivity contribution in [1.29, 1.82) is 0 Å². The van der Waals surface area contributed by atoms with Crippen molar-refractivity contribution in [3.63, 3.8) is 0 Å². The monoisotopic (exact) mass is 411 g/mol. The smallest absolute Gasteiger partial charge is 0.190 e. The molecule has 0 saturated heterocycles. The highest BCUT2D eigenvalue weighted by molar-refractivity contribution is 14.0. The Morgan fingerprint density at radius 2 is 1.86 bits per heavy atom. The molecule has 0 unspecified atom stereocenters. The molecule has 0 radical (unpaired) electrons. The second-order valence-electron chi connectivity index (χ2n) is 4.70. The van der Waals surface area contributed by atoms with Gasteiger partial charge in [-0.2, -0.15) is 0 Å². The van der Waals surface area contributed by atoms with Crippen LogP contribution in [0.25, 0.3) is 0 Å². The quantitative estimate of drug-likeness (QED) is 0.458. The zero-order valence-electron chi connectivity index (χ0n) is 13.1. The van der Waals surface area contributed by atoms with Crippen LogP contribution in [0.15, 0.2) is 53.5 Å². The minimum Gasteiger partial charge on any atom is -0.457 e. The zero-order valence-corrected chi connectivity index (χ0v) is 15.4. The Labute approximate surface area is 149 Å². The van der Waals surface area contributed by atoms with Gasteiger partial charge in [0, 0.05) is 26.2 Å². The molecule has 0 aliphatic carbocycles. The van der Waals surface area contributed by atoms with Crippen molar-refractivity contribution in [3.05, 3.63) is 59.7 Å². The molecule has 2 N–H and O–H groups in total. The van der Waals surface area contributed by atoms with Gasteiger partial charge in [0.2, 0.25) is 0 Å². The first-order valence-corrected chi connectivity index (χ1v) is 6.93. The van der Waals surface area contributed by atoms with E-state index in [2.05, 4.69) is 34.7 Å². The lowest BCUT2D eigenvalue weighted by atomic mass is 10.1. The summed E-state index contributed by atoms with van der Waals surface area (Å²) in [4.78, 5) is 4.11. The molecule has 118 valence electrons. The van der Waals surface area contributed by atoms with Gasteiger partial charge in [-0.25, -0.2) is 0 Å². The lowest BCUT2D eigenvalue weighted by molar-refractivity contribution is 0.475. The number of nitrogens with one attached hydrogen (secondary N) is 2. The van der Waals surface area contributed by atoms with E-state index in [-0.39, 0.29) is 24.0 Å². The molecule has 0 aromatic heterocycles. The zero-order chi connectivity index (χ0) is 15.1. The first-order valence-electron chi connectivity index (χ1n) is 6.93. The topological polar surface area (TPSA) is 45.7 Å². The molecule has 0 amide bonds. The molecule has 22 heavy (non-hydrogen) atoms. The lowest BCUT2D eigenvalue weighted by Crippen LogP contribution is -2.34. The van der Waals surface area contributed by atoms with Gasteiger partial charge in [0.15, 0.2) is 5.96 Å². The minimum absolute atomic E-state index is 0. The number of nitrogens with zero attached hydrogens (tertiary/aromatic N) is 1. The van der Waals surface area contributed by atoms with Crippen molar-refractivity contribution < 1.29 is 4.74 Å². The largest absolute Gasteiger partial charge is 0.457 e. The first-order chi connectivity index (χ1) is 10.2. The number of aryl methyl sites for hydroxylation is 1. The Balaban J connectivity index is 0.00000242. The number of guanidine groups is 1. The highest BCUT2D eigenvalue weighted by atomic mass is 127. The second kappa shape index (κ2) is 9.30. The molecular weight excluding hydrogens is 389 g/mol. The van der Waals surface area contributed by atoms with Crippen LogP contribution < -0.4 is 15.4 Å². The van der Waals surface area contributed by atoms with E-state index >= 15 is 0 Å². The van der Waals surface area contributed by atoms with Crippen LogP contribution in [0.4, 0.5) is 0 Å². The summed E-state index contributed by atoms with van der Waals surface area (Å²) in [6, 6.07) is 16.0. The number of ether oxygens (including phenoxy) is 1. The Hall–Kier alpha value is -1.76. The van der Waals surface area contributed by atoms with E-state index in [1.165, 1.54) is 5.56 Å². The fourth-order valence-corrected chi connectivity index (χ4v) is 1.98. The molecule has 2 aromatic carbocycles. The Morgan fingerprint density at radius 3 is 2.50 bits per heavy atom. The van der Waals surface area contributed by atoms with Crippen molar-refractivity contribution in [2.75, 3.05) is 14.1 Å². The van der Waals surface area contributed by atoms with Gasteiger partial charge in [0.25, 0.3) is 0 Å². The molecule has 0 bridgehead atoms. The average Bonchev–Trinajstić information content (AvgIpc) is 2.51. The maximum atomic E-state index is 5.99. The first kappa shape index (κ1) is 18.3. The van der Waals surface area contributed by atoms with E-state index in [9.17, 15) is 0 Å². The summed E-state index contributed by atoms with van der Waals surface area (Å²) in [5, 5.41) is 6.24. The molecule has 0 saturated carbocycles. The Kier molecular flexibility index (Phi) is 7.73. The molecule has 2 aromatic rings. The second-order valence-corrected chi connectivity index (χ2v) is 4.70. The van der Waals surface area contributed by atoms with Crippen molar-refractivity contribution in [2.45, 2.75) is 13.5 Å². The molecule has 2 rings (SSSR count). The number of halogens is 1. The predicted molar refractivity (Wildman–Crippen MR) is 102 cm³/mol. The molecule has 0 spiro atoms. The van der Waals surface area contributed by atoms with E-state index in [0.717, 1.165) is 23.0 Å². The van der Waals surface area contributed by atoms with Gasteiger partial charge in [-0.1, -0.05) is 30.3 Å². The SMILES string of the molecule is CN=C(NC)NCc1ccc(C)cc1Oc1ccccc1.I. The van der Waals surface area contributed by atoms with Gasteiger partial charge in [-0.3, -0.25) is 4.99 Å². The fraction of sp³-hybridized carbons (Fsp3) is 0.235. The molecule has 0 aliphatic heterocycles. The summed E-state index contributed by atoms with van der Waals surface area (Å²) < 4.78 is 5.99. The van der Waals surface area contributed by atoms with Gasteiger partial charge in [0.05, 0.1) is 0 Å². The van der Waals surface area contributed by atoms with E-state index < -0.39 is 0 Å². The molecule has 0 fully saturated rings. The molecule has 0 heterocycles. The van der Waals surface area contributed by atoms with Crippen molar-refractivity contribution in [3.8, 4) is 11.5 Å². The van der Waals surface area contributed by atoms with E-state index in [0.29, 0.717) is 6.54 Å². The molecule has 4 nitrogen and oxygen atoms in total. The van der Waals surface area contributed by atoms with Crippen LogP contribution in [0.3, 0.4) is 0 Å². The van der Waals surface area contributed by atoms with Gasteiger partial charge < -0.3 is 15.4 Å². The summed E-state index contributed by atoms with van der Waals surface area (Å²) in [7, 11) is 3.58. The summed E-state index contributed by atoms with van der Waals surface area (Å²) in [5.74, 6) is 2.45. The molecule has 5 heteroatoms. The fourth-order valence-electron chi connectivity index (χ4n) is 1.98. The van der Waals surface area contributed by atoms with Gasteiger partial charge in [0.1, 0.15) is 11.5 Å². The summed E-state index contributed by atoms with van der Waals surface area (Å²) in [6.45, 7) is 2.71.